The predicted octanol–water partition coefficient (Wildman–Crippen LogP) is 3.50. The zero-order valence-electron chi connectivity index (χ0n) is 9.17. The van der Waals surface area contributed by atoms with Gasteiger partial charge in [0.15, 0.2) is 0 Å². The third-order valence-electron chi connectivity index (χ3n) is 2.94. The van der Waals surface area contributed by atoms with Gasteiger partial charge in [0, 0.05) is 12.1 Å². The Hall–Kier alpha value is -0.250. The maximum absolute atomic E-state index is 11.9. The van der Waals surface area contributed by atoms with Crippen molar-refractivity contribution in [1.29, 1.82) is 0 Å². The lowest BCUT2D eigenvalue weighted by Gasteiger charge is -2.32. The number of hydrogen-bond acceptors (Lipinski definition) is 1. The van der Waals surface area contributed by atoms with Gasteiger partial charge in [-0.05, 0) is 19.3 Å². The van der Waals surface area contributed by atoms with Crippen LogP contribution < -0.4 is 5.32 Å². The topological polar surface area (TPSA) is 12.0 Å². The number of hydrogen-bond donors (Lipinski definition) is 1. The predicted molar refractivity (Wildman–Crippen MR) is 52.3 cm³/mol. The summed E-state index contributed by atoms with van der Waals surface area (Å²) in [7, 11) is 0. The van der Waals surface area contributed by atoms with Crippen LogP contribution in [0.15, 0.2) is 0 Å². The van der Waals surface area contributed by atoms with Gasteiger partial charge in [0.1, 0.15) is 0 Å². The number of nitrogens with one attached hydrogen (secondary N) is 1. The molecule has 0 spiro atoms. The Morgan fingerprint density at radius 3 is 1.64 bits per heavy atom. The molecule has 0 aliphatic rings. The standard InChI is InChI=1S/C10H20F3N/c1-4-9(5-2,6-3)14-8-7-10(11,12)13/h14H,4-8H2,1-3H3. The van der Waals surface area contributed by atoms with Crippen LogP contribution in [-0.4, -0.2) is 18.3 Å². The van der Waals surface area contributed by atoms with Crippen molar-refractivity contribution in [3.05, 3.63) is 0 Å². The van der Waals surface area contributed by atoms with E-state index in [4.69, 9.17) is 0 Å². The smallest absolute Gasteiger partial charge is 0.311 e. The SMILES string of the molecule is CCC(CC)(CC)NCCC(F)(F)F. The van der Waals surface area contributed by atoms with Gasteiger partial charge in [0.25, 0.3) is 0 Å². The summed E-state index contributed by atoms with van der Waals surface area (Å²) in [5.74, 6) is 0. The molecule has 0 saturated heterocycles. The fraction of sp³-hybridized carbons (Fsp3) is 1.00. The van der Waals surface area contributed by atoms with Crippen LogP contribution in [-0.2, 0) is 0 Å². The van der Waals surface area contributed by atoms with Gasteiger partial charge in [0.05, 0.1) is 6.42 Å². The molecule has 0 heterocycles. The molecule has 0 aromatic rings. The minimum atomic E-state index is -4.05. The molecule has 0 amide bonds. The lowest BCUT2D eigenvalue weighted by Crippen LogP contribution is -2.44. The van der Waals surface area contributed by atoms with Crippen molar-refractivity contribution in [2.75, 3.05) is 6.54 Å². The molecule has 86 valence electrons. The molecule has 1 nitrogen and oxygen atoms in total. The van der Waals surface area contributed by atoms with Crippen molar-refractivity contribution in [2.24, 2.45) is 0 Å². The quantitative estimate of drug-likeness (QED) is 0.709. The Balaban J connectivity index is 3.95. The van der Waals surface area contributed by atoms with Crippen LogP contribution in [0.3, 0.4) is 0 Å². The van der Waals surface area contributed by atoms with Gasteiger partial charge < -0.3 is 5.32 Å². The molecular formula is C10H20F3N. The van der Waals surface area contributed by atoms with E-state index < -0.39 is 12.6 Å². The Labute approximate surface area is 84.1 Å². The van der Waals surface area contributed by atoms with Gasteiger partial charge in [0.2, 0.25) is 0 Å². The zero-order chi connectivity index (χ0) is 11.2. The summed E-state index contributed by atoms with van der Waals surface area (Å²) in [6.07, 6.45) is -2.17. The van der Waals surface area contributed by atoms with Crippen LogP contribution >= 0.6 is 0 Å². The molecular weight excluding hydrogens is 191 g/mol. The fourth-order valence-corrected chi connectivity index (χ4v) is 1.59. The van der Waals surface area contributed by atoms with E-state index in [1.54, 1.807) is 0 Å². The van der Waals surface area contributed by atoms with E-state index in [9.17, 15) is 13.2 Å². The van der Waals surface area contributed by atoms with Crippen LogP contribution in [0.2, 0.25) is 0 Å². The molecule has 0 saturated carbocycles. The summed E-state index contributed by atoms with van der Waals surface area (Å²) in [4.78, 5) is 0. The van der Waals surface area contributed by atoms with Crippen LogP contribution in [0, 0.1) is 0 Å². The van der Waals surface area contributed by atoms with E-state index in [1.165, 1.54) is 0 Å². The first-order chi connectivity index (χ1) is 6.39. The third-order valence-corrected chi connectivity index (χ3v) is 2.94. The van der Waals surface area contributed by atoms with Crippen molar-refractivity contribution in [3.63, 3.8) is 0 Å². The summed E-state index contributed by atoms with van der Waals surface area (Å²) in [6, 6.07) is 0. The van der Waals surface area contributed by atoms with Gasteiger partial charge in [-0.2, -0.15) is 13.2 Å². The average molecular weight is 211 g/mol. The summed E-state index contributed by atoms with van der Waals surface area (Å²) in [5.41, 5.74) is -0.106. The van der Waals surface area contributed by atoms with Crippen LogP contribution in [0.25, 0.3) is 0 Å². The highest BCUT2D eigenvalue weighted by Crippen LogP contribution is 2.22. The molecule has 0 aromatic heterocycles. The normalized spacial score (nSPS) is 13.3. The second kappa shape index (κ2) is 5.59. The number of alkyl halides is 3. The zero-order valence-corrected chi connectivity index (χ0v) is 9.17. The Kier molecular flexibility index (Phi) is 5.49. The minimum absolute atomic E-state index is 0.0268. The Bertz CT molecular complexity index is 142. The highest BCUT2D eigenvalue weighted by atomic mass is 19.4. The molecule has 14 heavy (non-hydrogen) atoms. The monoisotopic (exact) mass is 211 g/mol. The average Bonchev–Trinajstić information content (AvgIpc) is 2.11. The highest BCUT2D eigenvalue weighted by molar-refractivity contribution is 4.83. The first-order valence-electron chi connectivity index (χ1n) is 5.21. The van der Waals surface area contributed by atoms with Crippen molar-refractivity contribution >= 4 is 0 Å². The van der Waals surface area contributed by atoms with Gasteiger partial charge in [-0.1, -0.05) is 20.8 Å². The van der Waals surface area contributed by atoms with Crippen molar-refractivity contribution in [3.8, 4) is 0 Å². The summed E-state index contributed by atoms with van der Waals surface area (Å²) < 4.78 is 35.7. The minimum Gasteiger partial charge on any atom is -0.311 e. The maximum atomic E-state index is 11.9. The second-order valence-electron chi connectivity index (χ2n) is 3.63. The molecule has 0 rings (SSSR count). The van der Waals surface area contributed by atoms with E-state index in [2.05, 4.69) is 5.32 Å². The molecule has 0 fully saturated rings. The summed E-state index contributed by atoms with van der Waals surface area (Å²) in [5, 5.41) is 3.02. The highest BCUT2D eigenvalue weighted by Gasteiger charge is 2.29. The van der Waals surface area contributed by atoms with Gasteiger partial charge in [-0.15, -0.1) is 0 Å². The van der Waals surface area contributed by atoms with Gasteiger partial charge in [-0.25, -0.2) is 0 Å². The summed E-state index contributed by atoms with van der Waals surface area (Å²) in [6.45, 7) is 6.05. The van der Waals surface area contributed by atoms with Crippen molar-refractivity contribution in [2.45, 2.75) is 58.2 Å². The van der Waals surface area contributed by atoms with Gasteiger partial charge in [-0.3, -0.25) is 0 Å². The van der Waals surface area contributed by atoms with E-state index in [-0.39, 0.29) is 12.1 Å². The lowest BCUT2D eigenvalue weighted by molar-refractivity contribution is -0.134. The molecule has 0 bridgehead atoms. The molecule has 0 unspecified atom stereocenters. The van der Waals surface area contributed by atoms with Crippen LogP contribution in [0.4, 0.5) is 13.2 Å². The molecule has 1 N–H and O–H groups in total. The van der Waals surface area contributed by atoms with E-state index in [1.807, 2.05) is 20.8 Å². The van der Waals surface area contributed by atoms with Crippen LogP contribution in [0.1, 0.15) is 46.5 Å². The van der Waals surface area contributed by atoms with E-state index in [0.717, 1.165) is 19.3 Å². The molecule has 0 aliphatic heterocycles. The van der Waals surface area contributed by atoms with E-state index >= 15 is 0 Å². The maximum Gasteiger partial charge on any atom is 0.390 e. The van der Waals surface area contributed by atoms with Crippen molar-refractivity contribution in [1.82, 2.24) is 5.32 Å². The van der Waals surface area contributed by atoms with E-state index in [0.29, 0.717) is 0 Å². The Morgan fingerprint density at radius 1 is 0.929 bits per heavy atom. The molecule has 0 aliphatic carbocycles. The number of halogens is 3. The fourth-order valence-electron chi connectivity index (χ4n) is 1.59. The molecule has 0 atom stereocenters. The number of rotatable bonds is 6. The first-order valence-corrected chi connectivity index (χ1v) is 5.21. The van der Waals surface area contributed by atoms with Gasteiger partial charge >= 0.3 is 6.18 Å². The first kappa shape index (κ1) is 13.8. The molecule has 4 heteroatoms. The third kappa shape index (κ3) is 4.84. The Morgan fingerprint density at radius 2 is 1.36 bits per heavy atom. The van der Waals surface area contributed by atoms with Crippen molar-refractivity contribution < 1.29 is 13.2 Å². The largest absolute Gasteiger partial charge is 0.390 e. The molecule has 0 radical (unpaired) electrons. The van der Waals surface area contributed by atoms with Crippen LogP contribution in [0.5, 0.6) is 0 Å². The lowest BCUT2D eigenvalue weighted by atomic mass is 9.90. The molecule has 0 aromatic carbocycles. The second-order valence-corrected chi connectivity index (χ2v) is 3.63. The summed E-state index contributed by atoms with van der Waals surface area (Å²) >= 11 is 0.